The van der Waals surface area contributed by atoms with Crippen LogP contribution in [0.3, 0.4) is 0 Å². The summed E-state index contributed by atoms with van der Waals surface area (Å²) >= 11 is 12.0. The molecule has 8 aromatic rings. The Labute approximate surface area is 457 Å². The Bertz CT molecular complexity index is 3490. The summed E-state index contributed by atoms with van der Waals surface area (Å²) in [5.74, 6) is -1.07. The van der Waals surface area contributed by atoms with Gasteiger partial charge >= 0.3 is 37.7 Å². The van der Waals surface area contributed by atoms with Crippen LogP contribution in [-0.4, -0.2) is 94.8 Å². The minimum atomic E-state index is -4.86. The van der Waals surface area contributed by atoms with E-state index < -0.39 is 53.3 Å². The number of fused-ring (bicyclic) bond motifs is 2. The predicted molar refractivity (Wildman–Crippen MR) is 275 cm³/mol. The number of ether oxygens (including phenoxy) is 2. The Morgan fingerprint density at radius 1 is 0.589 bits per heavy atom. The van der Waals surface area contributed by atoms with Gasteiger partial charge in [0.15, 0.2) is 5.75 Å². The smallest absolute Gasteiger partial charge is 0.870 e. The average molecular weight is 1090 g/mol. The third kappa shape index (κ3) is 13.1. The van der Waals surface area contributed by atoms with Crippen LogP contribution in [0, 0.1) is 13.8 Å². The number of carbonyl (C=O) groups is 2. The minimum Gasteiger partial charge on any atom is -0.870 e. The molecular weight excluding hydrogens is 1050 g/mol. The molecule has 0 bridgehead atoms. The molecule has 0 saturated carbocycles. The molecule has 73 heavy (non-hydrogen) atoms. The van der Waals surface area contributed by atoms with Crippen LogP contribution < -0.4 is 25.2 Å². The first-order chi connectivity index (χ1) is 34.2. The monoisotopic (exact) mass is 1090 g/mol. The fourth-order valence-corrected chi connectivity index (χ4v) is 9.15. The Kier molecular flexibility index (Phi) is 17.8. The summed E-state index contributed by atoms with van der Waals surface area (Å²) in [5, 5.41) is 47.7. The van der Waals surface area contributed by atoms with E-state index >= 15 is 0 Å². The topological polar surface area (TPSA) is 281 Å². The van der Waals surface area contributed by atoms with Crippen molar-refractivity contribution in [1.82, 2.24) is 0 Å². The van der Waals surface area contributed by atoms with E-state index in [-0.39, 0.29) is 81.7 Å². The second-order valence-electron chi connectivity index (χ2n) is 15.5. The molecule has 0 unspecified atom stereocenters. The van der Waals surface area contributed by atoms with E-state index in [9.17, 15) is 45.7 Å². The van der Waals surface area contributed by atoms with Gasteiger partial charge in [0, 0.05) is 27.7 Å². The summed E-state index contributed by atoms with van der Waals surface area (Å²) in [6, 6.07) is 35.0. The van der Waals surface area contributed by atoms with Gasteiger partial charge < -0.3 is 34.9 Å². The Balaban J connectivity index is 0.000000235. The van der Waals surface area contributed by atoms with Crippen molar-refractivity contribution in [3.05, 3.63) is 166 Å². The van der Waals surface area contributed by atoms with Crippen molar-refractivity contribution < 1.29 is 55.2 Å². The van der Waals surface area contributed by atoms with E-state index in [2.05, 4.69) is 31.1 Å². The van der Waals surface area contributed by atoms with Gasteiger partial charge in [0.05, 0.1) is 51.8 Å². The number of methoxy groups -OCH3 is 2. The van der Waals surface area contributed by atoms with Gasteiger partial charge in [-0.3, -0.25) is 14.1 Å². The largest absolute Gasteiger partial charge is 2.00 e. The van der Waals surface area contributed by atoms with Crippen LogP contribution in [-0.2, 0) is 20.2 Å². The van der Waals surface area contributed by atoms with Crippen molar-refractivity contribution in [2.75, 3.05) is 24.9 Å². The molecule has 0 aliphatic rings. The average Bonchev–Trinajstić information content (AvgIpc) is 3.34. The van der Waals surface area contributed by atoms with Crippen LogP contribution >= 0.6 is 23.2 Å². The summed E-state index contributed by atoms with van der Waals surface area (Å²) in [4.78, 5) is 24.8. The van der Waals surface area contributed by atoms with Gasteiger partial charge in [-0.15, -0.1) is 5.11 Å². The number of phenols is 1. The maximum Gasteiger partial charge on any atom is 2.00 e. The summed E-state index contributed by atoms with van der Waals surface area (Å²) in [6.07, 6.45) is 0. The normalized spacial score (nSPS) is 11.5. The van der Waals surface area contributed by atoms with Crippen LogP contribution in [0.4, 0.5) is 34.1 Å². The quantitative estimate of drug-likeness (QED) is 0.0505. The first-order valence-electron chi connectivity index (χ1n) is 20.9. The van der Waals surface area contributed by atoms with E-state index in [4.69, 9.17) is 32.7 Å². The molecule has 8 rings (SSSR count). The number of amides is 2. The number of nitrogens with one attached hydrogen (secondary N) is 2. The van der Waals surface area contributed by atoms with Gasteiger partial charge in [0.1, 0.15) is 32.2 Å². The second-order valence-corrected chi connectivity index (χ2v) is 19.0. The van der Waals surface area contributed by atoms with Crippen molar-refractivity contribution in [3.8, 4) is 23.0 Å². The number of rotatable bonds is 12. The Morgan fingerprint density at radius 2 is 1.00 bits per heavy atom. The summed E-state index contributed by atoms with van der Waals surface area (Å²) in [5.41, 5.74) is 1.36. The van der Waals surface area contributed by atoms with Gasteiger partial charge in [0.25, 0.3) is 21.9 Å². The third-order valence-corrected chi connectivity index (χ3v) is 13.6. The molecular formula is C50H38CaCl2N6O12S2. The molecule has 368 valence electrons. The van der Waals surface area contributed by atoms with Gasteiger partial charge in [-0.25, -0.2) is 8.42 Å². The molecule has 0 saturated heterocycles. The number of azo groups is 2. The first-order valence-corrected chi connectivity index (χ1v) is 24.5. The molecule has 0 radical (unpaired) electrons. The van der Waals surface area contributed by atoms with Gasteiger partial charge in [-0.2, -0.15) is 23.8 Å². The van der Waals surface area contributed by atoms with E-state index in [1.807, 2.05) is 0 Å². The number of halogens is 2. The number of phenolic OH excluding ortho intramolecular Hbond substituents is 1. The molecule has 0 fully saturated rings. The predicted octanol–water partition coefficient (Wildman–Crippen LogP) is 11.5. The Morgan fingerprint density at radius 3 is 1.47 bits per heavy atom. The molecule has 0 aliphatic carbocycles. The standard InChI is InChI=1S/2C25H20ClN3O6S.Ca/c2*1-14-11-17(13-21(22(14)26)36(32,33)34)28-29-23-19-6-4-3-5-15(19)12-20(24(23)30)25(31)27-16-7-9-18(35-2)10-8-16;/h2*3-13,30H,1-2H3,(H,27,31)(H,32,33,34);/q;;+2/p-2. The molecule has 2 amide bonds. The maximum absolute atomic E-state index is 13.3. The van der Waals surface area contributed by atoms with Crippen LogP contribution in [0.2, 0.25) is 10.0 Å². The van der Waals surface area contributed by atoms with Gasteiger partial charge in [0.2, 0.25) is 0 Å². The molecule has 0 aromatic heterocycles. The molecule has 0 aliphatic heterocycles. The van der Waals surface area contributed by atoms with E-state index in [0.717, 1.165) is 12.1 Å². The molecule has 0 heterocycles. The van der Waals surface area contributed by atoms with Gasteiger partial charge in [-0.1, -0.05) is 77.5 Å². The fraction of sp³-hybridized carbons (Fsp3) is 0.0800. The van der Waals surface area contributed by atoms with E-state index in [1.54, 1.807) is 104 Å². The van der Waals surface area contributed by atoms with E-state index in [0.29, 0.717) is 55.5 Å². The number of aryl methyl sites for hydroxylation is 2. The number of anilines is 2. The molecule has 0 spiro atoms. The number of carbonyl (C=O) groups excluding carboxylic acids is 2. The molecule has 0 atom stereocenters. The summed E-state index contributed by atoms with van der Waals surface area (Å²) < 4.78 is 77.7. The van der Waals surface area contributed by atoms with Crippen molar-refractivity contribution in [1.29, 1.82) is 0 Å². The number of aromatic hydroxyl groups is 1. The third-order valence-electron chi connectivity index (χ3n) is 10.6. The van der Waals surface area contributed by atoms with Crippen LogP contribution in [0.1, 0.15) is 31.8 Å². The Hall–Kier alpha value is -6.72. The van der Waals surface area contributed by atoms with Crippen molar-refractivity contribution >= 4 is 149 Å². The van der Waals surface area contributed by atoms with Crippen LogP contribution in [0.15, 0.2) is 164 Å². The molecule has 4 N–H and O–H groups in total. The SMILES string of the molecule is COc1ccc(NC(=O)c2cc3ccccc3c(N=Nc3cc(C)c(Cl)c(S(=O)(=O)O)c3)c2O)cc1.COc1ccc(NC(=O)c2cc3ccccc3c(N=Nc3cc(C)c(Cl)c(S(=O)(=O)[O-])c3)c2[O-])cc1.[Ca+2]. The summed E-state index contributed by atoms with van der Waals surface area (Å²) in [7, 11) is -6.41. The maximum atomic E-state index is 13.3. The van der Waals surface area contributed by atoms with Crippen LogP contribution in [0.5, 0.6) is 23.0 Å². The number of nitrogens with zero attached hydrogens (tertiary/aromatic N) is 4. The zero-order chi connectivity index (χ0) is 52.1. The summed E-state index contributed by atoms with van der Waals surface area (Å²) in [6.45, 7) is 3.06. The minimum absolute atomic E-state index is 0. The zero-order valence-corrected chi connectivity index (χ0v) is 44.1. The first kappa shape index (κ1) is 55.6. The van der Waals surface area contributed by atoms with Crippen molar-refractivity contribution in [3.63, 3.8) is 0 Å². The van der Waals surface area contributed by atoms with Crippen LogP contribution in [0.25, 0.3) is 21.5 Å². The van der Waals surface area contributed by atoms with Crippen molar-refractivity contribution in [2.24, 2.45) is 20.5 Å². The zero-order valence-electron chi connectivity index (χ0n) is 38.7. The second kappa shape index (κ2) is 23.4. The number of hydrogen-bond acceptors (Lipinski definition) is 15. The fourth-order valence-electron chi connectivity index (χ4n) is 7.05. The van der Waals surface area contributed by atoms with Gasteiger partial charge in [-0.05, 0) is 121 Å². The number of benzene rings is 8. The van der Waals surface area contributed by atoms with Crippen molar-refractivity contribution in [2.45, 2.75) is 23.6 Å². The number of hydrogen-bond donors (Lipinski definition) is 4. The van der Waals surface area contributed by atoms with E-state index in [1.165, 1.54) is 45.4 Å². The molecule has 18 nitrogen and oxygen atoms in total. The molecule has 8 aromatic carbocycles. The molecule has 23 heteroatoms.